The molecule has 0 saturated carbocycles. The van der Waals surface area contributed by atoms with Crippen LogP contribution in [0.5, 0.6) is 0 Å². The summed E-state index contributed by atoms with van der Waals surface area (Å²) >= 11 is 1.54. The van der Waals surface area contributed by atoms with Crippen molar-refractivity contribution in [2.45, 2.75) is 39.5 Å². The molecule has 0 radical (unpaired) electrons. The fourth-order valence-electron chi connectivity index (χ4n) is 4.09. The van der Waals surface area contributed by atoms with Gasteiger partial charge in [0.1, 0.15) is 0 Å². The third-order valence-corrected chi connectivity index (χ3v) is 6.50. The van der Waals surface area contributed by atoms with E-state index >= 15 is 0 Å². The van der Waals surface area contributed by atoms with Crippen LogP contribution in [0, 0.1) is 18.8 Å². The Kier molecular flexibility index (Phi) is 5.65. The zero-order chi connectivity index (χ0) is 18.8. The van der Waals surface area contributed by atoms with E-state index in [1.54, 1.807) is 16.2 Å². The van der Waals surface area contributed by atoms with Crippen molar-refractivity contribution >= 4 is 29.1 Å². The lowest BCUT2D eigenvalue weighted by Crippen LogP contribution is -2.50. The molecule has 0 aromatic carbocycles. The fourth-order valence-corrected chi connectivity index (χ4v) is 5.02. The van der Waals surface area contributed by atoms with Gasteiger partial charge in [0.25, 0.3) is 5.91 Å². The zero-order valence-electron chi connectivity index (χ0n) is 15.4. The van der Waals surface area contributed by atoms with Crippen LogP contribution in [0.25, 0.3) is 0 Å². The van der Waals surface area contributed by atoms with Crippen molar-refractivity contribution in [3.8, 4) is 0 Å². The van der Waals surface area contributed by atoms with E-state index in [1.807, 2.05) is 24.1 Å². The number of nitrogens with zero attached hydrogens (tertiary/aromatic N) is 2. The van der Waals surface area contributed by atoms with Gasteiger partial charge in [0.2, 0.25) is 5.91 Å². The van der Waals surface area contributed by atoms with Crippen molar-refractivity contribution in [2.24, 2.45) is 11.8 Å². The van der Waals surface area contributed by atoms with Crippen molar-refractivity contribution in [2.75, 3.05) is 26.2 Å². The number of hydrogen-bond acceptors (Lipinski definition) is 4. The van der Waals surface area contributed by atoms with E-state index < -0.39 is 17.8 Å². The third kappa shape index (κ3) is 3.63. The lowest BCUT2D eigenvalue weighted by molar-refractivity contribution is -0.146. The SMILES string of the molecule is CCc1c(C(=O)N2C[C@@H](C(=O)O)C[C@@H](C(=O)N3CCCC3)C2)csc1C. The summed E-state index contributed by atoms with van der Waals surface area (Å²) in [4.78, 5) is 42.0. The summed E-state index contributed by atoms with van der Waals surface area (Å²) < 4.78 is 0. The molecule has 1 N–H and O–H groups in total. The molecule has 2 fully saturated rings. The van der Waals surface area contributed by atoms with Crippen molar-refractivity contribution in [1.29, 1.82) is 0 Å². The van der Waals surface area contributed by atoms with Gasteiger partial charge in [-0.25, -0.2) is 0 Å². The first-order valence-corrected chi connectivity index (χ1v) is 10.2. The second-order valence-corrected chi connectivity index (χ2v) is 8.33. The molecule has 0 unspecified atom stereocenters. The molecule has 3 rings (SSSR count). The Labute approximate surface area is 157 Å². The average molecular weight is 378 g/mol. The second-order valence-electron chi connectivity index (χ2n) is 7.25. The van der Waals surface area contributed by atoms with Gasteiger partial charge < -0.3 is 14.9 Å². The smallest absolute Gasteiger partial charge is 0.308 e. The number of rotatable bonds is 4. The monoisotopic (exact) mass is 378 g/mol. The van der Waals surface area contributed by atoms with Crippen LogP contribution in [0.4, 0.5) is 0 Å². The quantitative estimate of drug-likeness (QED) is 0.873. The van der Waals surface area contributed by atoms with Gasteiger partial charge in [-0.3, -0.25) is 14.4 Å². The molecule has 2 aliphatic rings. The highest BCUT2D eigenvalue weighted by Gasteiger charge is 2.39. The molecule has 1 aromatic heterocycles. The Hall–Kier alpha value is -1.89. The first-order chi connectivity index (χ1) is 12.4. The minimum atomic E-state index is -0.932. The Bertz CT molecular complexity index is 708. The molecule has 0 spiro atoms. The van der Waals surface area contributed by atoms with Gasteiger partial charge in [0, 0.05) is 36.4 Å². The summed E-state index contributed by atoms with van der Waals surface area (Å²) in [6.07, 6.45) is 3.08. The van der Waals surface area contributed by atoms with Gasteiger partial charge >= 0.3 is 5.97 Å². The molecule has 1 aromatic rings. The average Bonchev–Trinajstić information content (AvgIpc) is 3.29. The minimum Gasteiger partial charge on any atom is -0.481 e. The van der Waals surface area contributed by atoms with Gasteiger partial charge in [-0.15, -0.1) is 11.3 Å². The summed E-state index contributed by atoms with van der Waals surface area (Å²) in [5.74, 6) is -2.18. The lowest BCUT2D eigenvalue weighted by Gasteiger charge is -2.37. The summed E-state index contributed by atoms with van der Waals surface area (Å²) in [5.41, 5.74) is 1.69. The number of hydrogen-bond donors (Lipinski definition) is 1. The first kappa shape index (κ1) is 18.9. The predicted octanol–water partition coefficient (Wildman–Crippen LogP) is 2.40. The first-order valence-electron chi connectivity index (χ1n) is 9.30. The number of piperidine rings is 1. The topological polar surface area (TPSA) is 77.9 Å². The molecule has 0 aliphatic carbocycles. The summed E-state index contributed by atoms with van der Waals surface area (Å²) in [6.45, 7) is 5.99. The number of likely N-dealkylation sites (tertiary alicyclic amines) is 2. The number of aliphatic carboxylic acids is 1. The van der Waals surface area contributed by atoms with Crippen molar-refractivity contribution in [3.63, 3.8) is 0 Å². The van der Waals surface area contributed by atoms with Crippen LogP contribution in [-0.4, -0.2) is 58.9 Å². The normalized spacial score (nSPS) is 23.3. The van der Waals surface area contributed by atoms with E-state index in [-0.39, 0.29) is 18.4 Å². The maximum Gasteiger partial charge on any atom is 0.308 e. The van der Waals surface area contributed by atoms with E-state index in [1.165, 1.54) is 0 Å². The minimum absolute atomic E-state index is 0.00321. The maximum atomic E-state index is 13.1. The second kappa shape index (κ2) is 7.78. The van der Waals surface area contributed by atoms with Gasteiger partial charge in [-0.2, -0.15) is 0 Å². The van der Waals surface area contributed by atoms with Crippen molar-refractivity contribution < 1.29 is 19.5 Å². The van der Waals surface area contributed by atoms with E-state index in [0.29, 0.717) is 18.5 Å². The van der Waals surface area contributed by atoms with Gasteiger partial charge in [0.15, 0.2) is 0 Å². The van der Waals surface area contributed by atoms with Gasteiger partial charge in [-0.05, 0) is 38.2 Å². The summed E-state index contributed by atoms with van der Waals surface area (Å²) in [5, 5.41) is 11.4. The van der Waals surface area contributed by atoms with E-state index in [4.69, 9.17) is 0 Å². The van der Waals surface area contributed by atoms with Crippen LogP contribution in [0.1, 0.15) is 47.0 Å². The molecular formula is C19H26N2O4S. The van der Waals surface area contributed by atoms with Crippen LogP contribution >= 0.6 is 11.3 Å². The number of amides is 2. The highest BCUT2D eigenvalue weighted by atomic mass is 32.1. The highest BCUT2D eigenvalue weighted by Crippen LogP contribution is 2.29. The number of thiophene rings is 1. The van der Waals surface area contributed by atoms with E-state index in [9.17, 15) is 19.5 Å². The van der Waals surface area contributed by atoms with Crippen LogP contribution in [-0.2, 0) is 16.0 Å². The Morgan fingerprint density at radius 1 is 1.15 bits per heavy atom. The Balaban J connectivity index is 1.82. The van der Waals surface area contributed by atoms with Gasteiger partial charge in [-0.1, -0.05) is 6.92 Å². The van der Waals surface area contributed by atoms with E-state index in [0.717, 1.165) is 42.8 Å². The summed E-state index contributed by atoms with van der Waals surface area (Å²) in [7, 11) is 0. The number of carbonyl (C=O) groups excluding carboxylic acids is 2. The van der Waals surface area contributed by atoms with Crippen LogP contribution < -0.4 is 0 Å². The molecule has 6 nitrogen and oxygen atoms in total. The maximum absolute atomic E-state index is 13.1. The Morgan fingerprint density at radius 3 is 2.42 bits per heavy atom. The van der Waals surface area contributed by atoms with Crippen LogP contribution in [0.2, 0.25) is 0 Å². The number of carboxylic acids is 1. The third-order valence-electron chi connectivity index (χ3n) is 5.54. The molecule has 3 heterocycles. The molecule has 142 valence electrons. The Morgan fingerprint density at radius 2 is 1.81 bits per heavy atom. The number of carbonyl (C=O) groups is 3. The standard InChI is InChI=1S/C19H26N2O4S/c1-3-15-12(2)26-11-16(15)18(23)21-9-13(8-14(10-21)19(24)25)17(22)20-6-4-5-7-20/h11,13-14H,3-10H2,1-2H3,(H,24,25)/t13-,14+/m1/s1. The lowest BCUT2D eigenvalue weighted by atomic mass is 9.87. The zero-order valence-corrected chi connectivity index (χ0v) is 16.2. The molecule has 2 aliphatic heterocycles. The highest BCUT2D eigenvalue weighted by molar-refractivity contribution is 7.10. The summed E-state index contributed by atoms with van der Waals surface area (Å²) in [6, 6.07) is 0. The van der Waals surface area contributed by atoms with Crippen molar-refractivity contribution in [1.82, 2.24) is 9.80 Å². The number of aryl methyl sites for hydroxylation is 1. The van der Waals surface area contributed by atoms with Crippen LogP contribution in [0.3, 0.4) is 0 Å². The van der Waals surface area contributed by atoms with Crippen LogP contribution in [0.15, 0.2) is 5.38 Å². The molecular weight excluding hydrogens is 352 g/mol. The van der Waals surface area contributed by atoms with Crippen molar-refractivity contribution in [3.05, 3.63) is 21.4 Å². The molecule has 2 amide bonds. The largest absolute Gasteiger partial charge is 0.481 e. The fraction of sp³-hybridized carbons (Fsp3) is 0.632. The van der Waals surface area contributed by atoms with E-state index in [2.05, 4.69) is 0 Å². The molecule has 26 heavy (non-hydrogen) atoms. The number of carboxylic acid groups (broad SMARTS) is 1. The predicted molar refractivity (Wildman–Crippen MR) is 99.4 cm³/mol. The molecule has 0 bridgehead atoms. The molecule has 7 heteroatoms. The molecule has 2 atom stereocenters. The molecule has 2 saturated heterocycles. The van der Waals surface area contributed by atoms with Gasteiger partial charge in [0.05, 0.1) is 17.4 Å².